The van der Waals surface area contributed by atoms with E-state index in [-0.39, 0.29) is 12.1 Å². The SMILES string of the molecule is CS(=O)(=O)N1CCc2c(cccc2NC(=O)N2CCCC2c2cccc(Cl)c2)C1. The number of amides is 2. The van der Waals surface area contributed by atoms with Crippen LogP contribution in [0.5, 0.6) is 0 Å². The van der Waals surface area contributed by atoms with E-state index in [4.69, 9.17) is 11.6 Å². The molecule has 2 aromatic rings. The van der Waals surface area contributed by atoms with Gasteiger partial charge < -0.3 is 10.2 Å². The van der Waals surface area contributed by atoms with Crippen molar-refractivity contribution in [2.75, 3.05) is 24.7 Å². The van der Waals surface area contributed by atoms with Crippen LogP contribution < -0.4 is 5.32 Å². The highest BCUT2D eigenvalue weighted by molar-refractivity contribution is 7.88. The second kappa shape index (κ2) is 7.97. The Kier molecular flexibility index (Phi) is 5.55. The van der Waals surface area contributed by atoms with Crippen molar-refractivity contribution in [3.8, 4) is 0 Å². The van der Waals surface area contributed by atoms with Gasteiger partial charge in [-0.2, -0.15) is 4.31 Å². The summed E-state index contributed by atoms with van der Waals surface area (Å²) in [5.74, 6) is 0. The lowest BCUT2D eigenvalue weighted by molar-refractivity contribution is 0.207. The zero-order valence-electron chi connectivity index (χ0n) is 16.3. The molecule has 2 heterocycles. The molecule has 6 nitrogen and oxygen atoms in total. The van der Waals surface area contributed by atoms with Crippen LogP contribution in [0.15, 0.2) is 42.5 Å². The van der Waals surface area contributed by atoms with Crippen molar-refractivity contribution in [1.82, 2.24) is 9.21 Å². The van der Waals surface area contributed by atoms with E-state index in [1.165, 1.54) is 10.6 Å². The lowest BCUT2D eigenvalue weighted by Crippen LogP contribution is -2.37. The zero-order chi connectivity index (χ0) is 20.6. The Morgan fingerprint density at radius 3 is 2.72 bits per heavy atom. The van der Waals surface area contributed by atoms with Gasteiger partial charge in [0.05, 0.1) is 12.3 Å². The quantitative estimate of drug-likeness (QED) is 0.794. The maximum absolute atomic E-state index is 13.1. The van der Waals surface area contributed by atoms with E-state index >= 15 is 0 Å². The number of rotatable bonds is 3. The number of likely N-dealkylation sites (tertiary alicyclic amines) is 1. The van der Waals surface area contributed by atoms with Gasteiger partial charge in [0.2, 0.25) is 10.0 Å². The summed E-state index contributed by atoms with van der Waals surface area (Å²) in [6.07, 6.45) is 3.66. The second-order valence-electron chi connectivity index (χ2n) is 7.63. The number of sulfonamides is 1. The number of fused-ring (bicyclic) bond motifs is 1. The lowest BCUT2D eigenvalue weighted by atomic mass is 9.99. The van der Waals surface area contributed by atoms with Crippen LogP contribution in [0, 0.1) is 0 Å². The van der Waals surface area contributed by atoms with Crippen molar-refractivity contribution in [3.63, 3.8) is 0 Å². The molecular weight excluding hydrogens is 410 g/mol. The van der Waals surface area contributed by atoms with Crippen LogP contribution >= 0.6 is 11.6 Å². The predicted molar refractivity (Wildman–Crippen MR) is 115 cm³/mol. The summed E-state index contributed by atoms with van der Waals surface area (Å²) in [4.78, 5) is 14.9. The molecule has 1 unspecified atom stereocenters. The molecule has 154 valence electrons. The largest absolute Gasteiger partial charge is 0.322 e. The van der Waals surface area contributed by atoms with Crippen LogP contribution in [-0.4, -0.2) is 43.0 Å². The van der Waals surface area contributed by atoms with Gasteiger partial charge >= 0.3 is 6.03 Å². The van der Waals surface area contributed by atoms with E-state index in [1.54, 1.807) is 0 Å². The Morgan fingerprint density at radius 1 is 1.17 bits per heavy atom. The van der Waals surface area contributed by atoms with Crippen LogP contribution in [0.4, 0.5) is 10.5 Å². The van der Waals surface area contributed by atoms with E-state index < -0.39 is 10.0 Å². The van der Waals surface area contributed by atoms with Gasteiger partial charge in [0, 0.05) is 30.3 Å². The molecule has 1 N–H and O–H groups in total. The van der Waals surface area contributed by atoms with Crippen LogP contribution in [0.3, 0.4) is 0 Å². The first-order valence-corrected chi connectivity index (χ1v) is 11.9. The molecule has 29 heavy (non-hydrogen) atoms. The molecular formula is C21H24ClN3O3S. The van der Waals surface area contributed by atoms with Crippen molar-refractivity contribution in [1.29, 1.82) is 0 Å². The van der Waals surface area contributed by atoms with Crippen LogP contribution in [0.25, 0.3) is 0 Å². The van der Waals surface area contributed by atoms with Crippen LogP contribution in [-0.2, 0) is 23.0 Å². The molecule has 1 fully saturated rings. The molecule has 0 saturated carbocycles. The number of hydrogen-bond donors (Lipinski definition) is 1. The average molecular weight is 434 g/mol. The molecule has 0 aromatic heterocycles. The molecule has 0 radical (unpaired) electrons. The van der Waals surface area contributed by atoms with Crippen LogP contribution in [0.1, 0.15) is 35.6 Å². The van der Waals surface area contributed by atoms with E-state index in [2.05, 4.69) is 5.32 Å². The van der Waals surface area contributed by atoms with Crippen molar-refractivity contribution >= 4 is 33.3 Å². The number of urea groups is 1. The van der Waals surface area contributed by atoms with Gasteiger partial charge in [-0.1, -0.05) is 35.9 Å². The maximum atomic E-state index is 13.1. The average Bonchev–Trinajstić information content (AvgIpc) is 3.17. The molecule has 2 amide bonds. The fourth-order valence-corrected chi connectivity index (χ4v) is 5.24. The fraction of sp³-hybridized carbons (Fsp3) is 0.381. The zero-order valence-corrected chi connectivity index (χ0v) is 17.8. The molecule has 0 bridgehead atoms. The number of nitrogens with one attached hydrogen (secondary N) is 1. The van der Waals surface area contributed by atoms with E-state index in [9.17, 15) is 13.2 Å². The Balaban J connectivity index is 1.53. The van der Waals surface area contributed by atoms with Crippen LogP contribution in [0.2, 0.25) is 5.02 Å². The monoisotopic (exact) mass is 433 g/mol. The van der Waals surface area contributed by atoms with Gasteiger partial charge in [-0.25, -0.2) is 13.2 Å². The first-order chi connectivity index (χ1) is 13.8. The minimum Gasteiger partial charge on any atom is -0.317 e. The van der Waals surface area contributed by atoms with Gasteiger partial charge in [0.1, 0.15) is 0 Å². The summed E-state index contributed by atoms with van der Waals surface area (Å²) in [7, 11) is -3.23. The number of anilines is 1. The minimum atomic E-state index is -3.23. The third-order valence-corrected chi connectivity index (χ3v) is 7.17. The van der Waals surface area contributed by atoms with Crippen molar-refractivity contribution in [2.45, 2.75) is 31.8 Å². The highest BCUT2D eigenvalue weighted by Gasteiger charge is 2.31. The first kappa shape index (κ1) is 20.2. The third kappa shape index (κ3) is 4.27. The molecule has 0 spiro atoms. The standard InChI is InChI=1S/C21H24ClN3O3S/c1-29(27,28)24-12-10-18-16(14-24)6-3-8-19(18)23-21(26)25-11-4-9-20(25)15-5-2-7-17(22)13-15/h2-3,5-8,13,20H,4,9-12,14H2,1H3,(H,23,26). The topological polar surface area (TPSA) is 69.7 Å². The molecule has 2 aliphatic rings. The molecule has 8 heteroatoms. The summed E-state index contributed by atoms with van der Waals surface area (Å²) >= 11 is 6.14. The Morgan fingerprint density at radius 2 is 1.97 bits per heavy atom. The van der Waals surface area contributed by atoms with Crippen molar-refractivity contribution in [3.05, 3.63) is 64.2 Å². The number of carbonyl (C=O) groups is 1. The highest BCUT2D eigenvalue weighted by Crippen LogP contribution is 2.34. The first-order valence-electron chi connectivity index (χ1n) is 9.72. The number of carbonyl (C=O) groups excluding carboxylic acids is 1. The molecule has 1 atom stereocenters. The minimum absolute atomic E-state index is 0.00830. The van der Waals surface area contributed by atoms with Gasteiger partial charge in [-0.3, -0.25) is 0 Å². The van der Waals surface area contributed by atoms with E-state index in [1.807, 2.05) is 47.4 Å². The van der Waals surface area contributed by atoms with Gasteiger partial charge in [-0.15, -0.1) is 0 Å². The number of hydrogen-bond acceptors (Lipinski definition) is 3. The Bertz CT molecular complexity index is 1040. The Hall–Kier alpha value is -2.09. The second-order valence-corrected chi connectivity index (χ2v) is 10.0. The summed E-state index contributed by atoms with van der Waals surface area (Å²) in [6.45, 7) is 1.46. The third-order valence-electron chi connectivity index (χ3n) is 5.69. The Labute approximate surface area is 176 Å². The molecule has 1 saturated heterocycles. The van der Waals surface area contributed by atoms with Gasteiger partial charge in [0.25, 0.3) is 0 Å². The predicted octanol–water partition coefficient (Wildman–Crippen LogP) is 4.03. The van der Waals surface area contributed by atoms with Gasteiger partial charge in [-0.05, 0) is 54.2 Å². The smallest absolute Gasteiger partial charge is 0.317 e. The molecule has 4 rings (SSSR count). The summed E-state index contributed by atoms with van der Waals surface area (Å²) in [5, 5.41) is 3.73. The van der Waals surface area contributed by atoms with Crippen molar-refractivity contribution < 1.29 is 13.2 Å². The van der Waals surface area contributed by atoms with E-state index in [0.717, 1.165) is 35.2 Å². The number of benzene rings is 2. The van der Waals surface area contributed by atoms with Gasteiger partial charge in [0.15, 0.2) is 0 Å². The highest BCUT2D eigenvalue weighted by atomic mass is 35.5. The van der Waals surface area contributed by atoms with E-state index in [0.29, 0.717) is 31.1 Å². The summed E-state index contributed by atoms with van der Waals surface area (Å²) < 4.78 is 25.2. The number of halogens is 1. The molecule has 0 aliphatic carbocycles. The van der Waals surface area contributed by atoms with Crippen molar-refractivity contribution in [2.24, 2.45) is 0 Å². The molecule has 2 aromatic carbocycles. The molecule has 2 aliphatic heterocycles. The summed E-state index contributed by atoms with van der Waals surface area (Å²) in [5.41, 5.74) is 3.76. The lowest BCUT2D eigenvalue weighted by Gasteiger charge is -2.30. The number of nitrogens with zero attached hydrogens (tertiary/aromatic N) is 2. The summed E-state index contributed by atoms with van der Waals surface area (Å²) in [6, 6.07) is 13.2. The normalized spacial score (nSPS) is 19.8. The maximum Gasteiger partial charge on any atom is 0.322 e. The fourth-order valence-electron chi connectivity index (χ4n) is 4.24.